The third kappa shape index (κ3) is 5.50. The zero-order valence-electron chi connectivity index (χ0n) is 23.3. The summed E-state index contributed by atoms with van der Waals surface area (Å²) in [4.78, 5) is 21.0. The lowest BCUT2D eigenvalue weighted by atomic mass is 9.86. The van der Waals surface area contributed by atoms with E-state index in [4.69, 9.17) is 30.5 Å². The molecule has 0 radical (unpaired) electrons. The molecule has 1 N–H and O–H groups in total. The summed E-state index contributed by atoms with van der Waals surface area (Å²) in [5, 5.41) is 10.9. The number of hydrogen-bond acceptors (Lipinski definition) is 6. The summed E-state index contributed by atoms with van der Waals surface area (Å²) in [5.74, 6) is -0.231. The maximum absolute atomic E-state index is 14.7. The van der Waals surface area contributed by atoms with Gasteiger partial charge in [0, 0.05) is 24.0 Å². The van der Waals surface area contributed by atoms with E-state index >= 15 is 0 Å². The van der Waals surface area contributed by atoms with Crippen molar-refractivity contribution in [2.24, 2.45) is 5.92 Å². The van der Waals surface area contributed by atoms with Gasteiger partial charge in [-0.15, -0.1) is 0 Å². The van der Waals surface area contributed by atoms with Crippen molar-refractivity contribution < 1.29 is 28.2 Å². The SMILES string of the molecule is O=C(O)c1ccc2nc(CC3CC=C(c4ccc(F)c(OCc5ccc(Cl)c6ccoc56)n4)CC3)n(C[C@@H]3CCO3)c2c1. The molecule has 1 aliphatic carbocycles. The third-order valence-corrected chi connectivity index (χ3v) is 8.73. The Hall–Kier alpha value is -4.21. The van der Waals surface area contributed by atoms with E-state index in [-0.39, 0.29) is 24.2 Å². The number of aromatic carboxylic acids is 1. The number of rotatable bonds is 9. The van der Waals surface area contributed by atoms with Crippen LogP contribution in [0.2, 0.25) is 5.02 Å². The third-order valence-electron chi connectivity index (χ3n) is 8.40. The molecule has 4 heterocycles. The molecule has 1 aliphatic heterocycles. The van der Waals surface area contributed by atoms with Gasteiger partial charge in [-0.25, -0.2) is 19.2 Å². The second-order valence-electron chi connectivity index (χ2n) is 11.1. The van der Waals surface area contributed by atoms with Crippen LogP contribution >= 0.6 is 11.6 Å². The molecule has 0 amide bonds. The Kier molecular flexibility index (Phi) is 7.36. The van der Waals surface area contributed by atoms with E-state index in [0.29, 0.717) is 28.8 Å². The Balaban J connectivity index is 1.07. The Labute approximate surface area is 251 Å². The molecule has 8 nitrogen and oxygen atoms in total. The fraction of sp³-hybridized carbons (Fsp3) is 0.303. The Morgan fingerprint density at radius 2 is 2.02 bits per heavy atom. The van der Waals surface area contributed by atoms with E-state index in [1.54, 1.807) is 48.7 Å². The van der Waals surface area contributed by atoms with Gasteiger partial charge in [0.1, 0.15) is 18.0 Å². The van der Waals surface area contributed by atoms with Gasteiger partial charge in [0.05, 0.1) is 46.2 Å². The van der Waals surface area contributed by atoms with Gasteiger partial charge in [0.2, 0.25) is 0 Å². The predicted molar refractivity (Wildman–Crippen MR) is 160 cm³/mol. The van der Waals surface area contributed by atoms with Crippen LogP contribution in [-0.2, 0) is 24.3 Å². The molecule has 1 unspecified atom stereocenters. The highest BCUT2D eigenvalue weighted by atomic mass is 35.5. The Bertz CT molecular complexity index is 1880. The summed E-state index contributed by atoms with van der Waals surface area (Å²) in [6, 6.07) is 13.5. The lowest BCUT2D eigenvalue weighted by Crippen LogP contribution is -2.32. The summed E-state index contributed by atoms with van der Waals surface area (Å²) < 4.78 is 33.9. The van der Waals surface area contributed by atoms with Crippen LogP contribution in [0.5, 0.6) is 5.88 Å². The average molecular weight is 602 g/mol. The lowest BCUT2D eigenvalue weighted by molar-refractivity contribution is -0.0590. The first kappa shape index (κ1) is 27.6. The summed E-state index contributed by atoms with van der Waals surface area (Å²) >= 11 is 6.24. The highest BCUT2D eigenvalue weighted by molar-refractivity contribution is 6.35. The molecular formula is C33H29ClFN3O5. The number of pyridine rings is 1. The van der Waals surface area contributed by atoms with Gasteiger partial charge in [-0.05, 0) is 79.6 Å². The number of carboxylic acids is 1. The van der Waals surface area contributed by atoms with Crippen molar-refractivity contribution in [2.75, 3.05) is 6.61 Å². The van der Waals surface area contributed by atoms with Crippen LogP contribution in [0.15, 0.2) is 65.3 Å². The van der Waals surface area contributed by atoms with Gasteiger partial charge in [-0.1, -0.05) is 23.7 Å². The standard InChI is InChI=1S/C33H29ClFN3O5/c34-25-7-5-22(31-24(25)12-14-42-31)18-43-32-26(35)8-10-27(37-32)20-3-1-19(2-4-20)15-30-36-28-9-6-21(33(39)40)16-29(28)38(30)17-23-11-13-41-23/h3,5-10,12,14,16,19,23H,1-2,4,11,13,15,17-18H2,(H,39,40)/t19?,23-/m0/s1. The van der Waals surface area contributed by atoms with Crippen molar-refractivity contribution in [1.82, 2.24) is 14.5 Å². The molecule has 2 aliphatic rings. The van der Waals surface area contributed by atoms with E-state index in [2.05, 4.69) is 15.6 Å². The monoisotopic (exact) mass is 601 g/mol. The minimum absolute atomic E-state index is 0.0529. The number of imidazole rings is 1. The number of hydrogen-bond donors (Lipinski definition) is 1. The Morgan fingerprint density at radius 3 is 2.79 bits per heavy atom. The van der Waals surface area contributed by atoms with Crippen molar-refractivity contribution in [1.29, 1.82) is 0 Å². The highest BCUT2D eigenvalue weighted by Gasteiger charge is 2.25. The number of ether oxygens (including phenoxy) is 2. The molecule has 0 bridgehead atoms. The molecule has 0 saturated carbocycles. The highest BCUT2D eigenvalue weighted by Crippen LogP contribution is 2.34. The number of allylic oxidation sites excluding steroid dienone is 2. The van der Waals surface area contributed by atoms with E-state index in [1.807, 2.05) is 0 Å². The fourth-order valence-electron chi connectivity index (χ4n) is 5.91. The molecule has 7 rings (SSSR count). The second kappa shape index (κ2) is 11.5. The number of carboxylic acid groups (broad SMARTS) is 1. The van der Waals surface area contributed by atoms with E-state index < -0.39 is 11.8 Å². The summed E-state index contributed by atoms with van der Waals surface area (Å²) in [5.41, 5.74) is 4.99. The number of halogens is 2. The first-order chi connectivity index (χ1) is 20.9. The number of fused-ring (bicyclic) bond motifs is 2. The number of benzene rings is 2. The van der Waals surface area contributed by atoms with Crippen molar-refractivity contribution in [2.45, 2.75) is 51.4 Å². The number of nitrogens with zero attached hydrogens (tertiary/aromatic N) is 3. The number of aromatic nitrogens is 3. The normalized spacial score (nSPS) is 18.5. The minimum atomic E-state index is -0.955. The van der Waals surface area contributed by atoms with Crippen LogP contribution in [0.25, 0.3) is 27.6 Å². The maximum Gasteiger partial charge on any atom is 0.335 e. The zero-order valence-corrected chi connectivity index (χ0v) is 24.0. The van der Waals surface area contributed by atoms with Crippen molar-refractivity contribution in [3.05, 3.63) is 94.4 Å². The summed E-state index contributed by atoms with van der Waals surface area (Å²) in [6.07, 6.45) is 8.15. The molecule has 43 heavy (non-hydrogen) atoms. The largest absolute Gasteiger partial charge is 0.478 e. The molecule has 2 aromatic carbocycles. The maximum atomic E-state index is 14.7. The van der Waals surface area contributed by atoms with E-state index in [1.165, 1.54) is 6.07 Å². The zero-order chi connectivity index (χ0) is 29.5. The van der Waals surface area contributed by atoms with Gasteiger partial charge in [0.25, 0.3) is 5.88 Å². The second-order valence-corrected chi connectivity index (χ2v) is 11.6. The van der Waals surface area contributed by atoms with Crippen LogP contribution < -0.4 is 4.74 Å². The van der Waals surface area contributed by atoms with Gasteiger partial charge < -0.3 is 23.6 Å². The quantitative estimate of drug-likeness (QED) is 0.187. The molecule has 220 valence electrons. The molecular weight excluding hydrogens is 573 g/mol. The first-order valence-electron chi connectivity index (χ1n) is 14.4. The van der Waals surface area contributed by atoms with Gasteiger partial charge in [-0.3, -0.25) is 0 Å². The average Bonchev–Trinajstić information content (AvgIpc) is 3.61. The van der Waals surface area contributed by atoms with E-state index in [0.717, 1.165) is 72.1 Å². The summed E-state index contributed by atoms with van der Waals surface area (Å²) in [7, 11) is 0. The first-order valence-corrected chi connectivity index (χ1v) is 14.8. The summed E-state index contributed by atoms with van der Waals surface area (Å²) in [6.45, 7) is 1.51. The molecule has 1 saturated heterocycles. The van der Waals surface area contributed by atoms with Crippen LogP contribution in [0, 0.1) is 11.7 Å². The molecule has 5 aromatic rings. The fourth-order valence-corrected chi connectivity index (χ4v) is 6.12. The molecule has 1 fully saturated rings. The number of furan rings is 1. The number of carbonyl (C=O) groups is 1. The molecule has 0 spiro atoms. The van der Waals surface area contributed by atoms with Gasteiger partial charge in [0.15, 0.2) is 5.82 Å². The van der Waals surface area contributed by atoms with Crippen LogP contribution in [-0.4, -0.2) is 38.3 Å². The van der Waals surface area contributed by atoms with Gasteiger partial charge in [-0.2, -0.15) is 0 Å². The lowest BCUT2D eigenvalue weighted by Gasteiger charge is -2.28. The Morgan fingerprint density at radius 1 is 1.14 bits per heavy atom. The molecule has 2 atom stereocenters. The molecule has 3 aromatic heterocycles. The van der Waals surface area contributed by atoms with Gasteiger partial charge >= 0.3 is 5.97 Å². The minimum Gasteiger partial charge on any atom is -0.478 e. The smallest absolute Gasteiger partial charge is 0.335 e. The van der Waals surface area contributed by atoms with Crippen LogP contribution in [0.4, 0.5) is 4.39 Å². The van der Waals surface area contributed by atoms with E-state index in [9.17, 15) is 14.3 Å². The topological polar surface area (TPSA) is 99.6 Å². The van der Waals surface area contributed by atoms with Crippen LogP contribution in [0.1, 0.15) is 53.1 Å². The van der Waals surface area contributed by atoms with Crippen LogP contribution in [0.3, 0.4) is 0 Å². The molecule has 10 heteroatoms. The van der Waals surface area contributed by atoms with Crippen molar-refractivity contribution in [3.63, 3.8) is 0 Å². The van der Waals surface area contributed by atoms with Crippen molar-refractivity contribution >= 4 is 45.1 Å². The van der Waals surface area contributed by atoms with Crippen molar-refractivity contribution in [3.8, 4) is 5.88 Å². The predicted octanol–water partition coefficient (Wildman–Crippen LogP) is 7.46.